The number of β-amino-alcohol motifs (C(OH)–C–C–N with tert-alkyl or cyclic N) is 1. The molecule has 2 aliphatic rings. The molecule has 3 N–H and O–H groups in total. The van der Waals surface area contributed by atoms with Gasteiger partial charge in [-0.1, -0.05) is 45.0 Å². The maximum absolute atomic E-state index is 15.4. The molecule has 0 bridgehead atoms. The topological polar surface area (TPSA) is 200 Å². The van der Waals surface area contributed by atoms with E-state index in [9.17, 15) is 42.7 Å². The number of ether oxygens (including phenoxy) is 3. The number of anilines is 2. The number of hydrogen-bond acceptors (Lipinski definition) is 13. The first-order valence-electron chi connectivity index (χ1n) is 23.7. The van der Waals surface area contributed by atoms with Crippen LogP contribution in [0.5, 0.6) is 5.88 Å². The molecule has 2 fully saturated rings. The summed E-state index contributed by atoms with van der Waals surface area (Å²) in [5, 5.41) is 25.2. The van der Waals surface area contributed by atoms with Gasteiger partial charge in [-0.2, -0.15) is 18.4 Å². The molecule has 4 aromatic rings. The lowest BCUT2D eigenvalue weighted by molar-refractivity contribution is -0.144. The van der Waals surface area contributed by atoms with E-state index in [1.54, 1.807) is 29.8 Å². The third-order valence-electron chi connectivity index (χ3n) is 12.4. The summed E-state index contributed by atoms with van der Waals surface area (Å²) in [6.07, 6.45) is -1.88. The van der Waals surface area contributed by atoms with Gasteiger partial charge in [-0.15, -0.1) is 11.3 Å². The van der Waals surface area contributed by atoms with Crippen LogP contribution in [-0.2, 0) is 41.4 Å². The van der Waals surface area contributed by atoms with Crippen LogP contribution in [-0.4, -0.2) is 112 Å². The average molecular weight is 1050 g/mol. The summed E-state index contributed by atoms with van der Waals surface area (Å²) in [5.74, 6) is -3.59. The lowest BCUT2D eigenvalue weighted by Gasteiger charge is -2.35. The Hall–Kier alpha value is -6.12. The molecular formula is C51H60F4N8O8S2. The highest BCUT2D eigenvalue weighted by atomic mass is 32.1. The van der Waals surface area contributed by atoms with E-state index >= 15 is 4.39 Å². The van der Waals surface area contributed by atoms with Crippen LogP contribution in [0.3, 0.4) is 0 Å². The van der Waals surface area contributed by atoms with E-state index in [1.807, 2.05) is 52.0 Å². The number of nitriles is 1. The number of thiocarbonyl (C=S) groups is 1. The van der Waals surface area contributed by atoms with Crippen molar-refractivity contribution in [3.63, 3.8) is 0 Å². The van der Waals surface area contributed by atoms with E-state index in [4.69, 9.17) is 26.4 Å². The Morgan fingerprint density at radius 2 is 1.68 bits per heavy atom. The van der Waals surface area contributed by atoms with Gasteiger partial charge in [0, 0.05) is 44.9 Å². The molecule has 392 valence electrons. The molecule has 0 radical (unpaired) electrons. The molecule has 16 nitrogen and oxygen atoms in total. The Labute approximate surface area is 431 Å². The van der Waals surface area contributed by atoms with Crippen LogP contribution in [0.1, 0.15) is 94.7 Å². The van der Waals surface area contributed by atoms with Gasteiger partial charge in [-0.3, -0.25) is 24.1 Å². The SMILES string of the molecule is Cc1cc(N2C(=S)N(c3ccc(C#N)c(C(F)(F)F)c3F)C(=O)C2(C)C)cnc1OCCCCCOCCCOCC(=O)N[C@H](C(=O)N1C[C@H](O)C[C@H]1C(=O)NCc1ccc(-c2scnc2C)cc1)C(C)(C)C. The molecule has 3 atom stereocenters. The number of rotatable bonds is 21. The molecule has 0 spiro atoms. The second-order valence-electron chi connectivity index (χ2n) is 19.4. The zero-order valence-electron chi connectivity index (χ0n) is 41.7. The molecule has 2 aromatic carbocycles. The normalized spacial score (nSPS) is 17.2. The van der Waals surface area contributed by atoms with E-state index in [0.29, 0.717) is 54.7 Å². The maximum atomic E-state index is 15.4. The summed E-state index contributed by atoms with van der Waals surface area (Å²) in [7, 11) is 0. The van der Waals surface area contributed by atoms with Crippen molar-refractivity contribution in [2.75, 3.05) is 49.4 Å². The Balaban J connectivity index is 0.870. The predicted molar refractivity (Wildman–Crippen MR) is 269 cm³/mol. The number of nitrogens with one attached hydrogen (secondary N) is 2. The fourth-order valence-electron chi connectivity index (χ4n) is 8.53. The second kappa shape index (κ2) is 23.8. The van der Waals surface area contributed by atoms with E-state index < -0.39 is 81.6 Å². The van der Waals surface area contributed by atoms with E-state index in [1.165, 1.54) is 35.9 Å². The summed E-state index contributed by atoms with van der Waals surface area (Å²) in [4.78, 5) is 67.2. The maximum Gasteiger partial charge on any atom is 0.420 e. The monoisotopic (exact) mass is 1050 g/mol. The smallest absolute Gasteiger partial charge is 0.420 e. The lowest BCUT2D eigenvalue weighted by Crippen LogP contribution is -2.58. The van der Waals surface area contributed by atoms with Gasteiger partial charge < -0.3 is 39.8 Å². The Bertz CT molecular complexity index is 2710. The number of amides is 4. The largest absolute Gasteiger partial charge is 0.477 e. The number of alkyl halides is 3. The minimum absolute atomic E-state index is 0.0407. The number of aliphatic hydroxyl groups is 1. The van der Waals surface area contributed by atoms with Crippen molar-refractivity contribution >= 4 is 63.7 Å². The Morgan fingerprint density at radius 3 is 2.33 bits per heavy atom. The van der Waals surface area contributed by atoms with Crippen molar-refractivity contribution in [3.05, 3.63) is 87.9 Å². The van der Waals surface area contributed by atoms with Crippen molar-refractivity contribution in [2.45, 2.75) is 117 Å². The molecule has 0 unspecified atom stereocenters. The van der Waals surface area contributed by atoms with Crippen LogP contribution in [0.15, 0.2) is 54.2 Å². The highest BCUT2D eigenvalue weighted by Gasteiger charge is 2.52. The molecular weight excluding hydrogens is 993 g/mol. The third kappa shape index (κ3) is 13.4. The zero-order valence-corrected chi connectivity index (χ0v) is 43.4. The summed E-state index contributed by atoms with van der Waals surface area (Å²) in [6, 6.07) is 10.6. The van der Waals surface area contributed by atoms with Gasteiger partial charge in [-0.05, 0) is 100 Å². The summed E-state index contributed by atoms with van der Waals surface area (Å²) in [6.45, 7) is 13.5. The fourth-order valence-corrected chi connectivity index (χ4v) is 9.86. The number of carbonyl (C=O) groups is 4. The molecule has 73 heavy (non-hydrogen) atoms. The first kappa shape index (κ1) is 56.2. The van der Waals surface area contributed by atoms with Gasteiger partial charge in [0.25, 0.3) is 5.91 Å². The standard InChI is InChI=1S/C51H60F4N8O8S2/c1-30-22-35(63-48(72)62(47(68)50(63,6)7)37-17-16-34(24-56)40(41(37)52)51(53,54)55)26-58-45(30)71-21-10-8-9-18-69-19-11-20-70-28-39(65)60-43(49(3,4)5)46(67)61-27-36(64)23-38(61)44(66)57-25-32-12-14-33(15-13-32)42-31(2)59-29-73-42/h12-17,22,26,29,36,38,43,64H,8-11,18-21,23,25,27-28H2,1-7H3,(H,57,66)(H,60,65)/t36-,38+,43-/m1/s1. The van der Waals surface area contributed by atoms with Crippen molar-refractivity contribution < 1.29 is 56.1 Å². The van der Waals surface area contributed by atoms with Crippen LogP contribution < -0.4 is 25.2 Å². The first-order valence-corrected chi connectivity index (χ1v) is 25.0. The fraction of sp³-hybridized carbons (Fsp3) is 0.490. The Kier molecular flexibility index (Phi) is 18.3. The van der Waals surface area contributed by atoms with E-state index in [0.717, 1.165) is 46.7 Å². The molecule has 2 aliphatic heterocycles. The van der Waals surface area contributed by atoms with Crippen molar-refractivity contribution in [1.82, 2.24) is 25.5 Å². The first-order chi connectivity index (χ1) is 34.4. The third-order valence-corrected chi connectivity index (χ3v) is 13.7. The number of aryl methyl sites for hydroxylation is 2. The van der Waals surface area contributed by atoms with Crippen LogP contribution in [0.2, 0.25) is 0 Å². The summed E-state index contributed by atoms with van der Waals surface area (Å²) >= 11 is 7.09. The van der Waals surface area contributed by atoms with Crippen LogP contribution >= 0.6 is 23.6 Å². The number of hydrogen-bond donors (Lipinski definition) is 3. The molecule has 2 saturated heterocycles. The van der Waals surface area contributed by atoms with E-state index in [-0.39, 0.29) is 37.8 Å². The molecule has 4 heterocycles. The zero-order chi connectivity index (χ0) is 53.4. The minimum Gasteiger partial charge on any atom is -0.477 e. The predicted octanol–water partition coefficient (Wildman–Crippen LogP) is 7.55. The molecule has 6 rings (SSSR count). The molecule has 0 saturated carbocycles. The minimum atomic E-state index is -5.20. The average Bonchev–Trinajstić information content (AvgIpc) is 3.99. The highest BCUT2D eigenvalue weighted by Crippen LogP contribution is 2.42. The summed E-state index contributed by atoms with van der Waals surface area (Å²) < 4.78 is 73.9. The number of likely N-dealkylation sites (tertiary alicyclic amines) is 1. The van der Waals surface area contributed by atoms with Crippen molar-refractivity contribution in [3.8, 4) is 22.4 Å². The van der Waals surface area contributed by atoms with E-state index in [2.05, 4.69) is 20.6 Å². The number of aromatic nitrogens is 2. The van der Waals surface area contributed by atoms with Gasteiger partial charge in [-0.25, -0.2) is 14.4 Å². The number of aliphatic hydroxyl groups excluding tert-OH is 1. The van der Waals surface area contributed by atoms with Crippen LogP contribution in [0, 0.1) is 36.4 Å². The molecule has 4 amide bonds. The number of thiazole rings is 1. The summed E-state index contributed by atoms with van der Waals surface area (Å²) in [5.41, 5.74) is -0.0220. The van der Waals surface area contributed by atoms with Gasteiger partial charge in [0.05, 0.1) is 58.0 Å². The number of carbonyl (C=O) groups excluding carboxylic acids is 4. The van der Waals surface area contributed by atoms with Crippen LogP contribution in [0.25, 0.3) is 10.4 Å². The second-order valence-corrected chi connectivity index (χ2v) is 20.7. The molecule has 2 aromatic heterocycles. The number of benzene rings is 2. The van der Waals surface area contributed by atoms with Crippen LogP contribution in [0.4, 0.5) is 28.9 Å². The van der Waals surface area contributed by atoms with Crippen molar-refractivity contribution in [1.29, 1.82) is 5.26 Å². The lowest BCUT2D eigenvalue weighted by atomic mass is 9.85. The number of nitrogens with zero attached hydrogens (tertiary/aromatic N) is 6. The van der Waals surface area contributed by atoms with Gasteiger partial charge >= 0.3 is 6.18 Å². The van der Waals surface area contributed by atoms with Crippen molar-refractivity contribution in [2.24, 2.45) is 5.41 Å². The number of halogens is 4. The van der Waals surface area contributed by atoms with Gasteiger partial charge in [0.1, 0.15) is 29.8 Å². The highest BCUT2D eigenvalue weighted by molar-refractivity contribution is 7.81. The number of unbranched alkanes of at least 4 members (excludes halogenated alkanes) is 2. The molecule has 0 aliphatic carbocycles. The van der Waals surface area contributed by atoms with Gasteiger partial charge in [0.2, 0.25) is 23.6 Å². The Morgan fingerprint density at radius 1 is 1.00 bits per heavy atom. The molecule has 22 heteroatoms. The number of pyridine rings is 1. The van der Waals surface area contributed by atoms with Gasteiger partial charge in [0.15, 0.2) is 10.9 Å². The quantitative estimate of drug-likeness (QED) is 0.0420.